The number of carboxylic acid groups (broad SMARTS) is 1. The van der Waals surface area contributed by atoms with Crippen LogP contribution >= 0.6 is 23.2 Å². The Morgan fingerprint density at radius 1 is 0.713 bits per heavy atom. The summed E-state index contributed by atoms with van der Waals surface area (Å²) in [6, 6.07) is -0.679. The molecule has 18 atom stereocenters. The van der Waals surface area contributed by atoms with Gasteiger partial charge in [-0.2, -0.15) is 0 Å². The average molecular weight is 1450 g/mol. The summed E-state index contributed by atoms with van der Waals surface area (Å²) < 4.78 is 38.3. The fourth-order valence-electron chi connectivity index (χ4n) is 12.5. The van der Waals surface area contributed by atoms with E-state index in [2.05, 4.69) is 37.2 Å². The maximum atomic E-state index is 16.0. The average Bonchev–Trinajstić information content (AvgIpc) is 0.775. The van der Waals surface area contributed by atoms with Gasteiger partial charge in [0, 0.05) is 34.7 Å². The highest BCUT2D eigenvalue weighted by Crippen LogP contribution is 2.50. The highest BCUT2D eigenvalue weighted by atomic mass is 35.5. The number of carbonyl (C=O) groups excluding carboxylic acids is 7. The van der Waals surface area contributed by atoms with Gasteiger partial charge < -0.3 is 128 Å². The Hall–Kier alpha value is -9.20. The molecule has 7 heterocycles. The SMILES string of the molecule is CN[C@H](CC(C)C)C(=O)NC1C(=O)N[C@@H](CC(N)=O)C(=O)N[C@H]2C(=O)N[C@H]3C(=O)N[C@H](C(=O)NC(C(=O)O)c4cc(O)cc(O)c4-c4cc3ccc4O)[C@H](O)c3ccc(c(Cl)c3)Oc3cc2cc(c3O[C@@H]2O[C@H](CO)[C@@H](O)[C@H](O)[C@H]2O[C@H]2C[C@](C)(N)[C@H](O)[C@H](C)O2)Oc2ccc(cc2Cl)[C@H]1O. The van der Waals surface area contributed by atoms with Crippen LogP contribution in [0.15, 0.2) is 78.9 Å². The molecule has 0 radical (unpaired) electrons. The number of nitrogens with one attached hydrogen (secondary N) is 7. The second-order valence-corrected chi connectivity index (χ2v) is 26.5. The van der Waals surface area contributed by atoms with Gasteiger partial charge in [-0.05, 0) is 110 Å². The van der Waals surface area contributed by atoms with E-state index in [1.807, 2.05) is 13.8 Å². The molecule has 35 heteroatoms. The number of nitrogens with two attached hydrogens (primary N) is 2. The van der Waals surface area contributed by atoms with Crippen LogP contribution in [0.5, 0.6) is 46.0 Å². The number of rotatable bonds is 13. The molecule has 0 spiro atoms. The van der Waals surface area contributed by atoms with Gasteiger partial charge in [0.15, 0.2) is 29.9 Å². The van der Waals surface area contributed by atoms with Gasteiger partial charge in [0.25, 0.3) is 0 Å². The van der Waals surface area contributed by atoms with E-state index in [-0.39, 0.29) is 46.2 Å². The van der Waals surface area contributed by atoms with Crippen molar-refractivity contribution in [1.82, 2.24) is 37.2 Å². The number of likely N-dealkylation sites (N-methyl/N-ethyl adjacent to an activating group) is 1. The number of aromatic hydroxyl groups is 3. The smallest absolute Gasteiger partial charge is 0.330 e. The van der Waals surface area contributed by atoms with Crippen LogP contribution in [0.1, 0.15) is 105 Å². The molecule has 5 aromatic carbocycles. The molecule has 7 aliphatic heterocycles. The second-order valence-electron chi connectivity index (χ2n) is 25.7. The molecule has 2 saturated heterocycles. The van der Waals surface area contributed by atoms with E-state index in [0.717, 1.165) is 66.7 Å². The fraction of sp³-hybridized carbons (Fsp3) is 0.424. The number of hydrogen-bond donors (Lipinski definition) is 19. The number of amides is 7. The zero-order valence-electron chi connectivity index (χ0n) is 54.3. The Morgan fingerprint density at radius 2 is 1.32 bits per heavy atom. The van der Waals surface area contributed by atoms with Crippen molar-refractivity contribution in [2.75, 3.05) is 13.7 Å². The van der Waals surface area contributed by atoms with Crippen LogP contribution in [0.25, 0.3) is 11.1 Å². The van der Waals surface area contributed by atoms with Crippen molar-refractivity contribution in [2.24, 2.45) is 17.4 Å². The second kappa shape index (κ2) is 30.2. The molecule has 5 aromatic rings. The van der Waals surface area contributed by atoms with Crippen molar-refractivity contribution in [1.29, 1.82) is 0 Å². The van der Waals surface area contributed by atoms with Crippen molar-refractivity contribution < 1.29 is 118 Å². The van der Waals surface area contributed by atoms with Crippen LogP contribution in [-0.4, -0.2) is 191 Å². The number of carboxylic acids is 1. The van der Waals surface area contributed by atoms with Crippen LogP contribution < -0.4 is 62.9 Å². The van der Waals surface area contributed by atoms with Gasteiger partial charge in [-0.1, -0.05) is 55.2 Å². The molecule has 0 aromatic heterocycles. The Morgan fingerprint density at radius 3 is 1.90 bits per heavy atom. The molecule has 7 amide bonds. The van der Waals surface area contributed by atoms with Crippen LogP contribution in [-0.2, 0) is 52.6 Å². The van der Waals surface area contributed by atoms with Crippen molar-refractivity contribution in [2.45, 2.75) is 156 Å². The summed E-state index contributed by atoms with van der Waals surface area (Å²) in [5.41, 5.74) is 8.00. The molecule has 7 aliphatic rings. The Labute approximate surface area is 584 Å². The number of aliphatic hydroxyl groups excluding tert-OH is 6. The Balaban J connectivity index is 1.24. The lowest BCUT2D eigenvalue weighted by molar-refractivity contribution is -0.333. The monoisotopic (exact) mass is 1450 g/mol. The third-order valence-corrected chi connectivity index (χ3v) is 18.4. The van der Waals surface area contributed by atoms with Gasteiger partial charge in [-0.15, -0.1) is 0 Å². The van der Waals surface area contributed by atoms with Crippen molar-refractivity contribution in [3.63, 3.8) is 0 Å². The number of carbonyl (C=O) groups is 8. The van der Waals surface area contributed by atoms with E-state index in [1.54, 1.807) is 0 Å². The van der Waals surface area contributed by atoms with Gasteiger partial charge in [0.1, 0.15) is 89.5 Å². The van der Waals surface area contributed by atoms with Crippen LogP contribution in [0.4, 0.5) is 0 Å². The summed E-state index contributed by atoms with van der Waals surface area (Å²) in [6.07, 6.45) is -18.6. The number of primary amides is 1. The standard InChI is InChI=1S/C66H75Cl2N9O24/c1-23(2)12-34(71-5)58(88)76-49-51(83)26-7-10-38(32(67)14-26)97-40-16-28-17-41(55(40)101-65-56(54(86)53(85)42(22-78)99-65)100-44-21-66(4,70)57(87)24(3)96-44)98-39-11-8-27(15-33(39)68)52(84)50-63(93)75-48(64(94)95)31-18-29(79)19-37(81)45(31)30-13-25(6-9-36(30)80)46(60(90)77-50)74-61(91)47(28)73-59(89)35(20-43(69)82)72-62(49)92/h6-11,13-19,23-24,34-35,42,44,46-54,56-57,65,71,78-81,83-87H,12,20-22,70H2,1-5H3,(H2,69,82)(H,72,92)(H,73,89)(H,74,91)(H,75,93)(H,76,88)(H,77,90)(H,94,95)/t24-,34+,35-,42+,44-,46+,47+,48?,49?,50-,51+,52+,53+,54-,56+,57+,65-,66-/m0/s1. The number of fused-ring (bicyclic) bond motifs is 15. The molecule has 2 fully saturated rings. The summed E-state index contributed by atoms with van der Waals surface area (Å²) in [6.45, 7) is 5.66. The van der Waals surface area contributed by atoms with Gasteiger partial charge >= 0.3 is 5.97 Å². The van der Waals surface area contributed by atoms with Gasteiger partial charge in [0.05, 0.1) is 41.3 Å². The minimum absolute atomic E-state index is 0.0975. The molecule has 2 unspecified atom stereocenters. The van der Waals surface area contributed by atoms with Crippen molar-refractivity contribution in [3.05, 3.63) is 117 Å². The Kier molecular flexibility index (Phi) is 22.2. The van der Waals surface area contributed by atoms with Gasteiger partial charge in [0.2, 0.25) is 53.4 Å². The van der Waals surface area contributed by atoms with E-state index in [0.29, 0.717) is 0 Å². The largest absolute Gasteiger partial charge is 0.508 e. The molecule has 12 rings (SSSR count). The van der Waals surface area contributed by atoms with Crippen LogP contribution in [0.2, 0.25) is 10.0 Å². The third-order valence-electron chi connectivity index (χ3n) is 17.8. The van der Waals surface area contributed by atoms with E-state index >= 15 is 14.4 Å². The molecular formula is C66H75Cl2N9O24. The zero-order chi connectivity index (χ0) is 73.5. The van der Waals surface area contributed by atoms with Gasteiger partial charge in [-0.3, -0.25) is 33.6 Å². The third kappa shape index (κ3) is 15.8. The van der Waals surface area contributed by atoms with Crippen molar-refractivity contribution >= 4 is 70.5 Å². The molecule has 101 heavy (non-hydrogen) atoms. The first-order chi connectivity index (χ1) is 47.7. The first-order valence-electron chi connectivity index (χ1n) is 31.6. The van der Waals surface area contributed by atoms with Crippen molar-refractivity contribution in [3.8, 4) is 57.1 Å². The fourth-order valence-corrected chi connectivity index (χ4v) is 12.9. The summed E-state index contributed by atoms with van der Waals surface area (Å²) in [4.78, 5) is 117. The predicted molar refractivity (Wildman–Crippen MR) is 349 cm³/mol. The number of aliphatic hydroxyl groups is 6. The van der Waals surface area contributed by atoms with E-state index in [1.165, 1.54) is 33.0 Å². The number of ether oxygens (including phenoxy) is 6. The van der Waals surface area contributed by atoms with E-state index in [4.69, 9.17) is 63.1 Å². The summed E-state index contributed by atoms with van der Waals surface area (Å²) in [7, 11) is 1.47. The molecule has 542 valence electrons. The lowest BCUT2D eigenvalue weighted by Crippen LogP contribution is -2.64. The van der Waals surface area contributed by atoms with E-state index < -0.39 is 237 Å². The first-order valence-corrected chi connectivity index (χ1v) is 32.4. The highest BCUT2D eigenvalue weighted by Gasteiger charge is 2.51. The summed E-state index contributed by atoms with van der Waals surface area (Å²) >= 11 is 14.1. The maximum Gasteiger partial charge on any atom is 0.330 e. The lowest BCUT2D eigenvalue weighted by Gasteiger charge is -2.47. The quantitative estimate of drug-likeness (QED) is 0.0743. The first kappa shape index (κ1) is 74.5. The number of benzene rings is 5. The zero-order valence-corrected chi connectivity index (χ0v) is 55.8. The summed E-state index contributed by atoms with van der Waals surface area (Å²) in [5.74, 6) is -16.0. The predicted octanol–water partition coefficient (Wildman–Crippen LogP) is 0.106. The minimum atomic E-state index is -2.35. The van der Waals surface area contributed by atoms with Gasteiger partial charge in [-0.25, -0.2) is 4.79 Å². The Bertz CT molecular complexity index is 4070. The minimum Gasteiger partial charge on any atom is -0.508 e. The molecule has 11 bridgehead atoms. The normalized spacial score (nSPS) is 29.4. The highest BCUT2D eigenvalue weighted by molar-refractivity contribution is 6.32. The topological polar surface area (TPSA) is 530 Å². The van der Waals surface area contributed by atoms with Crippen LogP contribution in [0.3, 0.4) is 0 Å². The maximum absolute atomic E-state index is 16.0. The number of phenols is 3. The molecular weight excluding hydrogens is 1370 g/mol. The molecule has 0 aliphatic carbocycles. The molecule has 33 nitrogen and oxygen atoms in total. The number of halogens is 2. The van der Waals surface area contributed by atoms with Crippen LogP contribution in [0, 0.1) is 5.92 Å². The number of phenolic OH excluding ortho intramolecular Hbond substituents is 3. The number of hydrogen-bond acceptors (Lipinski definition) is 25. The molecule has 0 saturated carbocycles. The molecule has 21 N–H and O–H groups in total. The number of aliphatic carboxylic acids is 1. The lowest BCUT2D eigenvalue weighted by atomic mass is 9.86. The summed E-state index contributed by atoms with van der Waals surface area (Å²) in [5, 5.41) is 131. The van der Waals surface area contributed by atoms with E-state index in [9.17, 15) is 75.0 Å².